The number of rotatable bonds is 14. The first-order chi connectivity index (χ1) is 14.8. The number of hydrogen-bond acceptors (Lipinski definition) is 4. The second-order valence-corrected chi connectivity index (χ2v) is 12.7. The molecule has 1 saturated carbocycles. The van der Waals surface area contributed by atoms with Gasteiger partial charge in [-0.15, -0.1) is 0 Å². The zero-order valence-electron chi connectivity index (χ0n) is 22.4. The van der Waals surface area contributed by atoms with E-state index >= 15 is 0 Å². The van der Waals surface area contributed by atoms with Crippen molar-refractivity contribution in [2.45, 2.75) is 120 Å². The van der Waals surface area contributed by atoms with Crippen molar-refractivity contribution >= 4 is 11.9 Å². The van der Waals surface area contributed by atoms with Crippen LogP contribution in [0.4, 0.5) is 0 Å². The molecule has 188 valence electrons. The third kappa shape index (κ3) is 12.3. The fourth-order valence-corrected chi connectivity index (χ4v) is 4.46. The van der Waals surface area contributed by atoms with Crippen molar-refractivity contribution < 1.29 is 19.1 Å². The van der Waals surface area contributed by atoms with Crippen molar-refractivity contribution in [1.82, 2.24) is 0 Å². The van der Waals surface area contributed by atoms with Crippen LogP contribution < -0.4 is 0 Å². The molecule has 0 aromatic heterocycles. The van der Waals surface area contributed by atoms with E-state index < -0.39 is 0 Å². The molecular weight excluding hydrogens is 400 g/mol. The van der Waals surface area contributed by atoms with Crippen LogP contribution in [0.5, 0.6) is 0 Å². The third-order valence-electron chi connectivity index (χ3n) is 6.87. The number of hydrogen-bond donors (Lipinski definition) is 0. The number of carbonyl (C=O) groups is 2. The molecule has 0 heterocycles. The van der Waals surface area contributed by atoms with E-state index in [9.17, 15) is 9.59 Å². The molecular formula is C28H52O4. The normalized spacial score (nSPS) is 19.9. The fourth-order valence-electron chi connectivity index (χ4n) is 4.46. The molecule has 0 aromatic carbocycles. The smallest absolute Gasteiger partial charge is 0.308 e. The highest BCUT2D eigenvalue weighted by atomic mass is 16.5. The highest BCUT2D eigenvalue weighted by Crippen LogP contribution is 2.33. The summed E-state index contributed by atoms with van der Waals surface area (Å²) in [5.41, 5.74) is 0.0427. The van der Waals surface area contributed by atoms with E-state index in [1.165, 1.54) is 25.7 Å². The summed E-state index contributed by atoms with van der Waals surface area (Å²) in [7, 11) is 0. The van der Waals surface area contributed by atoms with Crippen molar-refractivity contribution in [2.75, 3.05) is 13.2 Å². The van der Waals surface area contributed by atoms with E-state index in [-0.39, 0.29) is 34.6 Å². The topological polar surface area (TPSA) is 52.6 Å². The maximum absolute atomic E-state index is 12.6. The summed E-state index contributed by atoms with van der Waals surface area (Å²) in [5.74, 6) is 1.12. The minimum absolute atomic E-state index is 0.0214. The van der Waals surface area contributed by atoms with Crippen molar-refractivity contribution in [3.8, 4) is 0 Å². The van der Waals surface area contributed by atoms with Gasteiger partial charge in [0.1, 0.15) is 0 Å². The molecule has 0 unspecified atom stereocenters. The Labute approximate surface area is 198 Å². The quantitative estimate of drug-likeness (QED) is 0.255. The Morgan fingerprint density at radius 2 is 1.00 bits per heavy atom. The summed E-state index contributed by atoms with van der Waals surface area (Å²) in [5, 5.41) is 0. The van der Waals surface area contributed by atoms with Gasteiger partial charge in [-0.3, -0.25) is 9.59 Å². The van der Waals surface area contributed by atoms with E-state index in [0.29, 0.717) is 25.0 Å². The number of esters is 2. The summed E-state index contributed by atoms with van der Waals surface area (Å²) in [6.07, 6.45) is 9.82. The standard InChI is InChI=1S/C28H52O4/c1-21(2)11-9-17-27(5,6)19-31-25(29)23-13-15-24(16-14-23)26(30)32-20-28(7,8)18-10-12-22(3)4/h21-24H,9-20H2,1-8H3. The van der Waals surface area contributed by atoms with Gasteiger partial charge in [0, 0.05) is 0 Å². The van der Waals surface area contributed by atoms with Gasteiger partial charge in [-0.1, -0.05) is 81.1 Å². The molecule has 0 radical (unpaired) electrons. The maximum atomic E-state index is 12.6. The minimum atomic E-state index is -0.0833. The van der Waals surface area contributed by atoms with Crippen LogP contribution in [-0.2, 0) is 19.1 Å². The molecule has 0 N–H and O–H groups in total. The second kappa shape index (κ2) is 13.6. The van der Waals surface area contributed by atoms with E-state index in [4.69, 9.17) is 9.47 Å². The number of ether oxygens (including phenoxy) is 2. The van der Waals surface area contributed by atoms with Gasteiger partial charge in [0.25, 0.3) is 0 Å². The molecule has 0 aliphatic heterocycles. The van der Waals surface area contributed by atoms with Gasteiger partial charge in [-0.05, 0) is 61.2 Å². The van der Waals surface area contributed by atoms with Crippen LogP contribution in [0, 0.1) is 34.5 Å². The average Bonchev–Trinajstić information content (AvgIpc) is 2.69. The lowest BCUT2D eigenvalue weighted by atomic mass is 9.81. The highest BCUT2D eigenvalue weighted by molar-refractivity contribution is 5.75. The second-order valence-electron chi connectivity index (χ2n) is 12.7. The summed E-state index contributed by atoms with van der Waals surface area (Å²) in [4.78, 5) is 25.1. The van der Waals surface area contributed by atoms with Gasteiger partial charge < -0.3 is 9.47 Å². The lowest BCUT2D eigenvalue weighted by molar-refractivity contribution is -0.158. The highest BCUT2D eigenvalue weighted by Gasteiger charge is 2.33. The third-order valence-corrected chi connectivity index (χ3v) is 6.87. The molecule has 4 heteroatoms. The van der Waals surface area contributed by atoms with Crippen molar-refractivity contribution in [2.24, 2.45) is 34.5 Å². The zero-order chi connectivity index (χ0) is 24.4. The predicted octanol–water partition coefficient (Wildman–Crippen LogP) is 7.58. The van der Waals surface area contributed by atoms with E-state index in [0.717, 1.165) is 38.5 Å². The van der Waals surface area contributed by atoms with E-state index in [1.807, 2.05) is 0 Å². The van der Waals surface area contributed by atoms with Crippen LogP contribution in [0.2, 0.25) is 0 Å². The van der Waals surface area contributed by atoms with Crippen LogP contribution in [-0.4, -0.2) is 25.2 Å². The van der Waals surface area contributed by atoms with Gasteiger partial charge >= 0.3 is 11.9 Å². The Balaban J connectivity index is 2.31. The Kier molecular flexibility index (Phi) is 12.3. The molecule has 32 heavy (non-hydrogen) atoms. The Hall–Kier alpha value is -1.06. The first kappa shape index (κ1) is 29.0. The van der Waals surface area contributed by atoms with Crippen molar-refractivity contribution in [3.05, 3.63) is 0 Å². The largest absolute Gasteiger partial charge is 0.465 e. The van der Waals surface area contributed by atoms with Crippen LogP contribution in [0.25, 0.3) is 0 Å². The SMILES string of the molecule is CC(C)CCCC(C)(C)COC(=O)C1CCC(C(=O)OCC(C)(C)CCCC(C)C)CC1. The lowest BCUT2D eigenvalue weighted by Crippen LogP contribution is -2.31. The van der Waals surface area contributed by atoms with Crippen LogP contribution in [0.15, 0.2) is 0 Å². The van der Waals surface area contributed by atoms with Gasteiger partial charge in [-0.2, -0.15) is 0 Å². The van der Waals surface area contributed by atoms with Gasteiger partial charge in [0.05, 0.1) is 25.0 Å². The van der Waals surface area contributed by atoms with E-state index in [1.54, 1.807) is 0 Å². The van der Waals surface area contributed by atoms with Crippen molar-refractivity contribution in [3.63, 3.8) is 0 Å². The molecule has 1 aliphatic carbocycles. The van der Waals surface area contributed by atoms with Crippen LogP contribution >= 0.6 is 0 Å². The van der Waals surface area contributed by atoms with Crippen molar-refractivity contribution in [1.29, 1.82) is 0 Å². The monoisotopic (exact) mass is 452 g/mol. The molecule has 0 amide bonds. The molecule has 1 aliphatic rings. The van der Waals surface area contributed by atoms with Crippen LogP contribution in [0.1, 0.15) is 120 Å². The molecule has 1 rings (SSSR count). The number of carbonyl (C=O) groups excluding carboxylic acids is 2. The average molecular weight is 453 g/mol. The summed E-state index contributed by atoms with van der Waals surface area (Å²) in [6, 6.07) is 0. The Morgan fingerprint density at radius 3 is 1.28 bits per heavy atom. The maximum Gasteiger partial charge on any atom is 0.308 e. The first-order valence-corrected chi connectivity index (χ1v) is 13.1. The molecule has 4 nitrogen and oxygen atoms in total. The van der Waals surface area contributed by atoms with Gasteiger partial charge in [-0.25, -0.2) is 0 Å². The summed E-state index contributed by atoms with van der Waals surface area (Å²) in [6.45, 7) is 18.7. The van der Waals surface area contributed by atoms with Gasteiger partial charge in [0.15, 0.2) is 0 Å². The zero-order valence-corrected chi connectivity index (χ0v) is 22.4. The molecule has 0 atom stereocenters. The van der Waals surface area contributed by atoms with Gasteiger partial charge in [0.2, 0.25) is 0 Å². The lowest BCUT2D eigenvalue weighted by Gasteiger charge is -2.30. The summed E-state index contributed by atoms with van der Waals surface area (Å²) < 4.78 is 11.4. The Bertz CT molecular complexity index is 504. The predicted molar refractivity (Wildman–Crippen MR) is 132 cm³/mol. The Morgan fingerprint density at radius 1 is 0.688 bits per heavy atom. The molecule has 1 fully saturated rings. The summed E-state index contributed by atoms with van der Waals surface area (Å²) >= 11 is 0. The molecule has 0 aromatic rings. The molecule has 0 spiro atoms. The first-order valence-electron chi connectivity index (χ1n) is 13.1. The van der Waals surface area contributed by atoms with E-state index in [2.05, 4.69) is 55.4 Å². The molecule has 0 saturated heterocycles. The molecule has 0 bridgehead atoms. The minimum Gasteiger partial charge on any atom is -0.465 e. The fraction of sp³-hybridized carbons (Fsp3) is 0.929. The van der Waals surface area contributed by atoms with Crippen LogP contribution in [0.3, 0.4) is 0 Å².